The van der Waals surface area contributed by atoms with Crippen LogP contribution >= 0.6 is 0 Å². The van der Waals surface area contributed by atoms with E-state index in [1.54, 1.807) is 31.4 Å². The van der Waals surface area contributed by atoms with Crippen molar-refractivity contribution in [2.45, 2.75) is 25.7 Å². The third-order valence-electron chi connectivity index (χ3n) is 3.55. The van der Waals surface area contributed by atoms with E-state index in [0.29, 0.717) is 11.1 Å². The molecule has 0 bridgehead atoms. The third kappa shape index (κ3) is 2.55. The molecule has 1 N–H and O–H groups in total. The third-order valence-corrected chi connectivity index (χ3v) is 3.55. The van der Waals surface area contributed by atoms with Gasteiger partial charge in [0.15, 0.2) is 5.78 Å². The lowest BCUT2D eigenvalue weighted by Crippen LogP contribution is -2.11. The van der Waals surface area contributed by atoms with Crippen LogP contribution in [0.5, 0.6) is 5.75 Å². The highest BCUT2D eigenvalue weighted by Crippen LogP contribution is 2.32. The fraction of sp³-hybridized carbons (Fsp3) is 0.400. The number of methoxy groups -OCH3 is 1. The molecular weight excluding hydrogens is 228 g/mol. The Morgan fingerprint density at radius 1 is 1.28 bits per heavy atom. The Hall–Kier alpha value is -1.77. The second kappa shape index (κ2) is 5.71. The molecule has 0 aromatic heterocycles. The van der Waals surface area contributed by atoms with Crippen LogP contribution in [-0.4, -0.2) is 18.0 Å². The van der Waals surface area contributed by atoms with E-state index < -0.39 is 0 Å². The summed E-state index contributed by atoms with van der Waals surface area (Å²) in [6.45, 7) is 0. The Morgan fingerprint density at radius 2 is 1.89 bits per heavy atom. The maximum absolute atomic E-state index is 12.3. The average molecular weight is 246 g/mol. The van der Waals surface area contributed by atoms with Gasteiger partial charge in [0.05, 0.1) is 13.4 Å². The number of ketones is 1. The van der Waals surface area contributed by atoms with Gasteiger partial charge >= 0.3 is 0 Å². The number of hydrogen-bond acceptors (Lipinski definition) is 3. The van der Waals surface area contributed by atoms with Crippen LogP contribution in [0.15, 0.2) is 36.1 Å². The molecule has 0 aliphatic heterocycles. The van der Waals surface area contributed by atoms with Gasteiger partial charge in [0.2, 0.25) is 0 Å². The fourth-order valence-electron chi connectivity index (χ4n) is 2.50. The molecular formula is C15H18O3. The summed E-state index contributed by atoms with van der Waals surface area (Å²) in [5.41, 5.74) is 1.14. The van der Waals surface area contributed by atoms with Gasteiger partial charge < -0.3 is 9.84 Å². The summed E-state index contributed by atoms with van der Waals surface area (Å²) in [4.78, 5) is 12.3. The van der Waals surface area contributed by atoms with E-state index in [2.05, 4.69) is 0 Å². The molecule has 0 atom stereocenters. The highest BCUT2D eigenvalue weighted by atomic mass is 16.5. The van der Waals surface area contributed by atoms with Crippen LogP contribution in [0.4, 0.5) is 0 Å². The number of hydrogen-bond donors (Lipinski definition) is 1. The predicted octanol–water partition coefficient (Wildman–Crippen LogP) is 3.51. The lowest BCUT2D eigenvalue weighted by atomic mass is 9.91. The first-order chi connectivity index (χ1) is 8.76. The number of rotatable bonds is 4. The number of allylic oxidation sites excluding steroid dienone is 1. The van der Waals surface area contributed by atoms with Crippen molar-refractivity contribution in [2.24, 2.45) is 5.92 Å². The van der Waals surface area contributed by atoms with E-state index in [1.165, 1.54) is 0 Å². The molecule has 96 valence electrons. The first-order valence-electron chi connectivity index (χ1n) is 6.29. The Labute approximate surface area is 107 Å². The quantitative estimate of drug-likeness (QED) is 0.502. The van der Waals surface area contributed by atoms with Crippen LogP contribution in [-0.2, 0) is 0 Å². The van der Waals surface area contributed by atoms with Crippen LogP contribution in [0.1, 0.15) is 36.0 Å². The van der Waals surface area contributed by atoms with Crippen LogP contribution in [0.2, 0.25) is 0 Å². The highest BCUT2D eigenvalue weighted by molar-refractivity contribution is 6.08. The van der Waals surface area contributed by atoms with Gasteiger partial charge in [-0.15, -0.1) is 0 Å². The van der Waals surface area contributed by atoms with E-state index in [-0.39, 0.29) is 11.7 Å². The monoisotopic (exact) mass is 246 g/mol. The van der Waals surface area contributed by atoms with Gasteiger partial charge in [0, 0.05) is 11.1 Å². The molecule has 1 aliphatic rings. The van der Waals surface area contributed by atoms with Crippen molar-refractivity contribution < 1.29 is 14.6 Å². The predicted molar refractivity (Wildman–Crippen MR) is 70.0 cm³/mol. The number of aliphatic hydroxyl groups excluding tert-OH is 1. The zero-order valence-electron chi connectivity index (χ0n) is 10.6. The summed E-state index contributed by atoms with van der Waals surface area (Å²) >= 11 is 0. The van der Waals surface area contributed by atoms with Crippen molar-refractivity contribution >= 4 is 5.78 Å². The number of Topliss-reactive ketones (excluding diaryl/α,β-unsaturated/α-hetero) is 1. The van der Waals surface area contributed by atoms with Gasteiger partial charge in [-0.3, -0.25) is 4.79 Å². The first kappa shape index (κ1) is 12.7. The van der Waals surface area contributed by atoms with Crippen molar-refractivity contribution in [2.75, 3.05) is 7.11 Å². The second-order valence-corrected chi connectivity index (χ2v) is 4.62. The molecule has 0 heterocycles. The minimum atomic E-state index is -0.0768. The molecule has 1 fully saturated rings. The summed E-state index contributed by atoms with van der Waals surface area (Å²) in [5, 5.41) is 9.31. The molecule has 0 amide bonds. The van der Waals surface area contributed by atoms with Gasteiger partial charge in [0.1, 0.15) is 5.75 Å². The van der Waals surface area contributed by atoms with Gasteiger partial charge in [-0.25, -0.2) is 0 Å². The zero-order chi connectivity index (χ0) is 13.0. The molecule has 3 heteroatoms. The SMILES string of the molecule is COc1ccc(C(=O)/C(=C/O)C2CCCC2)cc1. The maximum atomic E-state index is 12.3. The van der Waals surface area contributed by atoms with Crippen molar-refractivity contribution in [3.05, 3.63) is 41.7 Å². The highest BCUT2D eigenvalue weighted by Gasteiger charge is 2.25. The molecule has 0 radical (unpaired) electrons. The minimum absolute atomic E-state index is 0.0768. The lowest BCUT2D eigenvalue weighted by molar-refractivity contribution is 0.101. The minimum Gasteiger partial charge on any atom is -0.515 e. The molecule has 0 spiro atoms. The standard InChI is InChI=1S/C15H18O3/c1-18-13-8-6-12(7-9-13)15(17)14(10-16)11-4-2-3-5-11/h6-11,16H,2-5H2,1H3/b14-10+. The lowest BCUT2D eigenvalue weighted by Gasteiger charge is -2.12. The summed E-state index contributed by atoms with van der Waals surface area (Å²) in [5.74, 6) is 0.860. The molecule has 3 nitrogen and oxygen atoms in total. The Balaban J connectivity index is 2.17. The molecule has 18 heavy (non-hydrogen) atoms. The van der Waals surface area contributed by atoms with Crippen LogP contribution in [0.25, 0.3) is 0 Å². The van der Waals surface area contributed by atoms with E-state index >= 15 is 0 Å². The number of carbonyl (C=O) groups excluding carboxylic acids is 1. The Kier molecular flexibility index (Phi) is 4.03. The average Bonchev–Trinajstić information content (AvgIpc) is 2.93. The van der Waals surface area contributed by atoms with Crippen LogP contribution < -0.4 is 4.74 Å². The molecule has 1 aromatic rings. The first-order valence-corrected chi connectivity index (χ1v) is 6.29. The van der Waals surface area contributed by atoms with Crippen molar-refractivity contribution in [1.82, 2.24) is 0 Å². The number of aliphatic hydroxyl groups is 1. The van der Waals surface area contributed by atoms with Gasteiger partial charge in [-0.1, -0.05) is 12.8 Å². The Morgan fingerprint density at radius 3 is 2.39 bits per heavy atom. The summed E-state index contributed by atoms with van der Waals surface area (Å²) < 4.78 is 5.06. The molecule has 1 saturated carbocycles. The van der Waals surface area contributed by atoms with Crippen molar-refractivity contribution in [3.63, 3.8) is 0 Å². The summed E-state index contributed by atoms with van der Waals surface area (Å²) in [7, 11) is 1.59. The van der Waals surface area contributed by atoms with Crippen molar-refractivity contribution in [3.8, 4) is 5.75 Å². The van der Waals surface area contributed by atoms with Crippen LogP contribution in [0, 0.1) is 5.92 Å². The molecule has 0 unspecified atom stereocenters. The number of benzene rings is 1. The second-order valence-electron chi connectivity index (χ2n) is 4.62. The smallest absolute Gasteiger partial charge is 0.192 e. The topological polar surface area (TPSA) is 46.5 Å². The van der Waals surface area contributed by atoms with E-state index in [4.69, 9.17) is 4.74 Å². The van der Waals surface area contributed by atoms with Crippen molar-refractivity contribution in [1.29, 1.82) is 0 Å². The molecule has 1 aliphatic carbocycles. The van der Waals surface area contributed by atoms with Gasteiger partial charge in [-0.05, 0) is 43.0 Å². The molecule has 2 rings (SSSR count). The Bertz CT molecular complexity index is 439. The van der Waals surface area contributed by atoms with Gasteiger partial charge in [-0.2, -0.15) is 0 Å². The van der Waals surface area contributed by atoms with Gasteiger partial charge in [0.25, 0.3) is 0 Å². The summed E-state index contributed by atoms with van der Waals surface area (Å²) in [6.07, 6.45) is 5.25. The van der Waals surface area contributed by atoms with E-state index in [1.807, 2.05) is 0 Å². The maximum Gasteiger partial charge on any atom is 0.192 e. The summed E-state index contributed by atoms with van der Waals surface area (Å²) in [6, 6.07) is 6.99. The fourth-order valence-corrected chi connectivity index (χ4v) is 2.50. The zero-order valence-corrected chi connectivity index (χ0v) is 10.6. The normalized spacial score (nSPS) is 16.8. The molecule has 1 aromatic carbocycles. The number of ether oxygens (including phenoxy) is 1. The number of carbonyl (C=O) groups is 1. The van der Waals surface area contributed by atoms with E-state index in [0.717, 1.165) is 37.7 Å². The van der Waals surface area contributed by atoms with E-state index in [9.17, 15) is 9.90 Å². The van der Waals surface area contributed by atoms with Crippen LogP contribution in [0.3, 0.4) is 0 Å². The molecule has 0 saturated heterocycles. The largest absolute Gasteiger partial charge is 0.515 e.